The van der Waals surface area contributed by atoms with E-state index in [4.69, 9.17) is 9.26 Å². The molecule has 4 rings (SSSR count). The van der Waals surface area contributed by atoms with E-state index in [0.717, 1.165) is 24.2 Å². The van der Waals surface area contributed by atoms with E-state index in [-0.39, 0.29) is 18.5 Å². The molecule has 3 aromatic heterocycles. The second kappa shape index (κ2) is 6.20. The third kappa shape index (κ3) is 3.07. The van der Waals surface area contributed by atoms with Crippen molar-refractivity contribution in [2.24, 2.45) is 0 Å². The lowest BCUT2D eigenvalue weighted by molar-refractivity contribution is 0.0835. The maximum atomic E-state index is 12.3. The number of carbonyl (C=O) groups excluding carboxylic acids is 1. The van der Waals surface area contributed by atoms with Crippen molar-refractivity contribution in [3.63, 3.8) is 0 Å². The first-order chi connectivity index (χ1) is 12.1. The second-order valence-corrected chi connectivity index (χ2v) is 5.92. The molecule has 1 aliphatic rings. The number of aromatic nitrogens is 6. The second-order valence-electron chi connectivity index (χ2n) is 5.92. The molecule has 0 aliphatic carbocycles. The fourth-order valence-electron chi connectivity index (χ4n) is 2.74. The van der Waals surface area contributed by atoms with Crippen molar-refractivity contribution in [3.8, 4) is 0 Å². The number of nitrogens with one attached hydrogen (secondary N) is 1. The highest BCUT2D eigenvalue weighted by atomic mass is 16.5. The van der Waals surface area contributed by atoms with Crippen molar-refractivity contribution in [3.05, 3.63) is 35.0 Å². The van der Waals surface area contributed by atoms with Gasteiger partial charge in [0.05, 0.1) is 6.54 Å². The molecule has 1 atom stereocenters. The number of ether oxygens (including phenoxy) is 1. The van der Waals surface area contributed by atoms with Crippen molar-refractivity contribution >= 4 is 11.7 Å². The molecule has 4 heterocycles. The fraction of sp³-hybridized carbons (Fsp3) is 0.467. The number of carbonyl (C=O) groups is 1. The third-order valence-corrected chi connectivity index (χ3v) is 3.92. The first-order valence-corrected chi connectivity index (χ1v) is 8.03. The summed E-state index contributed by atoms with van der Waals surface area (Å²) in [5.41, 5.74) is 1.67. The van der Waals surface area contributed by atoms with E-state index in [1.807, 2.05) is 19.9 Å². The van der Waals surface area contributed by atoms with Crippen LogP contribution in [0.25, 0.3) is 5.78 Å². The third-order valence-electron chi connectivity index (χ3n) is 3.92. The van der Waals surface area contributed by atoms with Gasteiger partial charge in [-0.05, 0) is 32.8 Å². The van der Waals surface area contributed by atoms with Crippen LogP contribution in [0.4, 0.5) is 0 Å². The Hall–Kier alpha value is -2.88. The average Bonchev–Trinajstić information content (AvgIpc) is 3.31. The van der Waals surface area contributed by atoms with Gasteiger partial charge in [0.2, 0.25) is 5.82 Å². The Bertz CT molecular complexity index is 926. The Labute approximate surface area is 142 Å². The Morgan fingerprint density at radius 3 is 3.04 bits per heavy atom. The molecule has 1 unspecified atom stereocenters. The molecule has 1 N–H and O–H groups in total. The molecular weight excluding hydrogens is 326 g/mol. The molecule has 0 aromatic carbocycles. The smallest absolute Gasteiger partial charge is 0.291 e. The molecule has 1 aliphatic heterocycles. The summed E-state index contributed by atoms with van der Waals surface area (Å²) in [5.74, 6) is 0.841. The molecule has 10 nitrogen and oxygen atoms in total. The van der Waals surface area contributed by atoms with Gasteiger partial charge in [0.15, 0.2) is 5.82 Å². The minimum atomic E-state index is -0.425. The zero-order valence-electron chi connectivity index (χ0n) is 13.9. The topological polar surface area (TPSA) is 120 Å². The van der Waals surface area contributed by atoms with E-state index in [9.17, 15) is 4.79 Å². The molecule has 1 amide bonds. The number of rotatable bonds is 4. The van der Waals surface area contributed by atoms with Gasteiger partial charge >= 0.3 is 0 Å². The molecule has 10 heteroatoms. The van der Waals surface area contributed by atoms with Gasteiger partial charge in [0.1, 0.15) is 6.10 Å². The van der Waals surface area contributed by atoms with Crippen molar-refractivity contribution in [2.45, 2.75) is 39.3 Å². The minimum absolute atomic E-state index is 0.0454. The van der Waals surface area contributed by atoms with Gasteiger partial charge in [-0.1, -0.05) is 5.16 Å². The van der Waals surface area contributed by atoms with Gasteiger partial charge in [-0.3, -0.25) is 4.79 Å². The zero-order valence-corrected chi connectivity index (χ0v) is 13.9. The molecule has 130 valence electrons. The van der Waals surface area contributed by atoms with Gasteiger partial charge < -0.3 is 14.6 Å². The number of nitrogens with zero attached hydrogens (tertiary/aromatic N) is 6. The molecule has 3 aromatic rings. The molecular formula is C15H17N7O3. The highest BCUT2D eigenvalue weighted by Gasteiger charge is 2.24. The van der Waals surface area contributed by atoms with Crippen molar-refractivity contribution in [1.82, 2.24) is 35.0 Å². The van der Waals surface area contributed by atoms with Gasteiger partial charge in [-0.2, -0.15) is 9.97 Å². The summed E-state index contributed by atoms with van der Waals surface area (Å²) in [6, 6.07) is 1.87. The van der Waals surface area contributed by atoms with E-state index in [1.54, 1.807) is 0 Å². The summed E-state index contributed by atoms with van der Waals surface area (Å²) >= 11 is 0. The zero-order chi connectivity index (χ0) is 17.4. The summed E-state index contributed by atoms with van der Waals surface area (Å²) < 4.78 is 12.2. The van der Waals surface area contributed by atoms with Crippen molar-refractivity contribution < 1.29 is 14.1 Å². The first kappa shape index (κ1) is 15.6. The van der Waals surface area contributed by atoms with Crippen LogP contribution in [0.15, 0.2) is 10.6 Å². The molecule has 0 spiro atoms. The molecule has 25 heavy (non-hydrogen) atoms. The lowest BCUT2D eigenvalue weighted by atomic mass is 10.2. The monoisotopic (exact) mass is 343 g/mol. The van der Waals surface area contributed by atoms with E-state index in [1.165, 1.54) is 4.52 Å². The summed E-state index contributed by atoms with van der Waals surface area (Å²) in [4.78, 5) is 24.9. The maximum Gasteiger partial charge on any atom is 0.291 e. The minimum Gasteiger partial charge on any atom is -0.368 e. The van der Waals surface area contributed by atoms with Gasteiger partial charge in [0, 0.05) is 18.0 Å². The lowest BCUT2D eigenvalue weighted by Crippen LogP contribution is -2.24. The largest absolute Gasteiger partial charge is 0.368 e. The van der Waals surface area contributed by atoms with Crippen LogP contribution in [0.2, 0.25) is 0 Å². The van der Waals surface area contributed by atoms with Crippen LogP contribution in [0.1, 0.15) is 52.7 Å². The standard InChI is InChI=1S/C15H17N7O3/c1-8-6-9(2)22-15(17-8)19-12(20-22)13(23)16-7-11-18-14(25-21-11)10-4-3-5-24-10/h6,10H,3-5,7H2,1-2H3,(H,16,23). The highest BCUT2D eigenvalue weighted by Crippen LogP contribution is 2.26. The van der Waals surface area contributed by atoms with Crippen LogP contribution in [-0.2, 0) is 11.3 Å². The number of amides is 1. The number of aryl methyl sites for hydroxylation is 2. The number of hydrogen-bond acceptors (Lipinski definition) is 8. The Kier molecular flexibility index (Phi) is 3.88. The van der Waals surface area contributed by atoms with Crippen LogP contribution in [0.3, 0.4) is 0 Å². The molecule has 0 radical (unpaired) electrons. The van der Waals surface area contributed by atoms with Gasteiger partial charge in [-0.15, -0.1) is 5.10 Å². The van der Waals surface area contributed by atoms with E-state index in [0.29, 0.717) is 24.1 Å². The lowest BCUT2D eigenvalue weighted by Gasteiger charge is -2.00. The highest BCUT2D eigenvalue weighted by molar-refractivity contribution is 5.90. The van der Waals surface area contributed by atoms with E-state index in [2.05, 4.69) is 30.5 Å². The van der Waals surface area contributed by atoms with Crippen molar-refractivity contribution in [1.29, 1.82) is 0 Å². The van der Waals surface area contributed by atoms with E-state index >= 15 is 0 Å². The molecule has 0 saturated carbocycles. The average molecular weight is 343 g/mol. The van der Waals surface area contributed by atoms with Crippen LogP contribution < -0.4 is 5.32 Å². The van der Waals surface area contributed by atoms with Crippen molar-refractivity contribution in [2.75, 3.05) is 6.61 Å². The van der Waals surface area contributed by atoms with E-state index < -0.39 is 5.91 Å². The van der Waals surface area contributed by atoms with Crippen LogP contribution in [0, 0.1) is 13.8 Å². The van der Waals surface area contributed by atoms with Gasteiger partial charge in [-0.25, -0.2) is 9.50 Å². The van der Waals surface area contributed by atoms with Gasteiger partial charge in [0.25, 0.3) is 17.6 Å². The summed E-state index contributed by atoms with van der Waals surface area (Å²) in [5, 5.41) is 10.7. The predicted molar refractivity (Wildman–Crippen MR) is 83.7 cm³/mol. The first-order valence-electron chi connectivity index (χ1n) is 8.03. The Morgan fingerprint density at radius 2 is 2.24 bits per heavy atom. The normalized spacial score (nSPS) is 17.3. The summed E-state index contributed by atoms with van der Waals surface area (Å²) in [6.45, 7) is 4.56. The number of hydrogen-bond donors (Lipinski definition) is 1. The quantitative estimate of drug-likeness (QED) is 0.742. The molecule has 1 saturated heterocycles. The molecule has 0 bridgehead atoms. The number of fused-ring (bicyclic) bond motifs is 1. The summed E-state index contributed by atoms with van der Waals surface area (Å²) in [7, 11) is 0. The Balaban J connectivity index is 1.44. The Morgan fingerprint density at radius 1 is 1.36 bits per heavy atom. The predicted octanol–water partition coefficient (Wildman–Crippen LogP) is 0.906. The SMILES string of the molecule is Cc1cc(C)n2nc(C(=O)NCc3noc(C4CCCO4)n3)nc2n1. The maximum absolute atomic E-state index is 12.3. The van der Waals surface area contributed by atoms with Crippen LogP contribution >= 0.6 is 0 Å². The fourth-order valence-corrected chi connectivity index (χ4v) is 2.74. The summed E-state index contributed by atoms with van der Waals surface area (Å²) in [6.07, 6.45) is 1.70. The van der Waals surface area contributed by atoms with Crippen LogP contribution in [0.5, 0.6) is 0 Å². The molecule has 1 fully saturated rings. The van der Waals surface area contributed by atoms with Crippen LogP contribution in [-0.4, -0.2) is 42.2 Å².